The predicted octanol–water partition coefficient (Wildman–Crippen LogP) is 3.40. The second kappa shape index (κ2) is 4.98. The number of thiocarbonyl (C=S) groups is 1. The molecule has 0 aliphatic heterocycles. The zero-order valence-electron chi connectivity index (χ0n) is 10.2. The van der Waals surface area contributed by atoms with Crippen LogP contribution in [0.5, 0.6) is 0 Å². The molecule has 1 aromatic heterocycles. The Morgan fingerprint density at radius 3 is 2.89 bits per heavy atom. The molecule has 0 bridgehead atoms. The van der Waals surface area contributed by atoms with Crippen LogP contribution in [-0.4, -0.2) is 16.1 Å². The number of fused-ring (bicyclic) bond motifs is 1. The zero-order valence-corrected chi connectivity index (χ0v) is 11.0. The molecule has 1 saturated carbocycles. The summed E-state index contributed by atoms with van der Waals surface area (Å²) in [4.78, 5) is 3.18. The van der Waals surface area contributed by atoms with Gasteiger partial charge in [0.1, 0.15) is 0 Å². The van der Waals surface area contributed by atoms with Gasteiger partial charge in [0.2, 0.25) is 0 Å². The van der Waals surface area contributed by atoms with Crippen LogP contribution in [-0.2, 0) is 0 Å². The molecular weight excluding hydrogens is 242 g/mol. The lowest BCUT2D eigenvalue weighted by Crippen LogP contribution is -2.35. The number of hydrogen-bond acceptors (Lipinski definition) is 1. The Kier molecular flexibility index (Phi) is 3.19. The number of anilines is 1. The molecule has 3 nitrogen and oxygen atoms in total. The van der Waals surface area contributed by atoms with Crippen LogP contribution in [0.25, 0.3) is 10.9 Å². The van der Waals surface area contributed by atoms with E-state index in [-0.39, 0.29) is 0 Å². The van der Waals surface area contributed by atoms with Gasteiger partial charge >= 0.3 is 0 Å². The van der Waals surface area contributed by atoms with E-state index in [0.29, 0.717) is 6.04 Å². The third-order valence-corrected chi connectivity index (χ3v) is 3.72. The first-order valence-corrected chi connectivity index (χ1v) is 6.87. The number of aromatic nitrogens is 1. The van der Waals surface area contributed by atoms with Gasteiger partial charge in [-0.25, -0.2) is 0 Å². The Hall–Kier alpha value is -1.55. The molecule has 1 aromatic carbocycles. The molecule has 0 unspecified atom stereocenters. The molecule has 18 heavy (non-hydrogen) atoms. The minimum Gasteiger partial charge on any atom is -0.361 e. The third-order valence-electron chi connectivity index (χ3n) is 3.50. The zero-order chi connectivity index (χ0) is 12.4. The fraction of sp³-hybridized carbons (Fsp3) is 0.357. The largest absolute Gasteiger partial charge is 0.361 e. The molecule has 1 aliphatic carbocycles. The molecule has 1 fully saturated rings. The van der Waals surface area contributed by atoms with Crippen molar-refractivity contribution in [3.63, 3.8) is 0 Å². The van der Waals surface area contributed by atoms with Gasteiger partial charge in [0.05, 0.1) is 0 Å². The SMILES string of the molecule is S=C(Nc1ccc2[nH]ccc2c1)NC1CCCC1. The highest BCUT2D eigenvalue weighted by Gasteiger charge is 2.15. The number of hydrogen-bond donors (Lipinski definition) is 3. The first-order chi connectivity index (χ1) is 8.81. The molecule has 1 aliphatic rings. The van der Waals surface area contributed by atoms with Gasteiger partial charge in [-0.05, 0) is 49.3 Å². The Labute approximate surface area is 112 Å². The molecule has 1 heterocycles. The van der Waals surface area contributed by atoms with Crippen molar-refractivity contribution in [1.29, 1.82) is 0 Å². The smallest absolute Gasteiger partial charge is 0.170 e. The molecule has 0 saturated heterocycles. The van der Waals surface area contributed by atoms with Crippen molar-refractivity contribution in [2.75, 3.05) is 5.32 Å². The van der Waals surface area contributed by atoms with Crippen LogP contribution in [0.1, 0.15) is 25.7 Å². The molecule has 3 N–H and O–H groups in total. The van der Waals surface area contributed by atoms with E-state index in [9.17, 15) is 0 Å². The van der Waals surface area contributed by atoms with Gasteiger partial charge in [0.25, 0.3) is 0 Å². The minimum absolute atomic E-state index is 0.556. The summed E-state index contributed by atoms with van der Waals surface area (Å²) in [6.45, 7) is 0. The van der Waals surface area contributed by atoms with Crippen molar-refractivity contribution in [1.82, 2.24) is 10.3 Å². The predicted molar refractivity (Wildman–Crippen MR) is 79.9 cm³/mol. The summed E-state index contributed by atoms with van der Waals surface area (Å²) in [5.74, 6) is 0. The number of aromatic amines is 1. The average Bonchev–Trinajstić information content (AvgIpc) is 2.98. The summed E-state index contributed by atoms with van der Waals surface area (Å²) in [6.07, 6.45) is 7.05. The third kappa shape index (κ3) is 2.48. The second-order valence-electron chi connectivity index (χ2n) is 4.86. The van der Waals surface area contributed by atoms with Crippen LogP contribution in [0.2, 0.25) is 0 Å². The maximum atomic E-state index is 5.34. The fourth-order valence-electron chi connectivity index (χ4n) is 2.55. The molecule has 0 amide bonds. The Balaban J connectivity index is 1.65. The van der Waals surface area contributed by atoms with Crippen molar-refractivity contribution in [3.8, 4) is 0 Å². The topological polar surface area (TPSA) is 39.9 Å². The van der Waals surface area contributed by atoms with Crippen molar-refractivity contribution >= 4 is 33.9 Å². The average molecular weight is 259 g/mol. The number of H-pyrrole nitrogens is 1. The van der Waals surface area contributed by atoms with Crippen LogP contribution in [0, 0.1) is 0 Å². The van der Waals surface area contributed by atoms with Crippen molar-refractivity contribution in [2.24, 2.45) is 0 Å². The number of benzene rings is 1. The molecule has 0 spiro atoms. The van der Waals surface area contributed by atoms with Crippen molar-refractivity contribution in [2.45, 2.75) is 31.7 Å². The molecular formula is C14H17N3S. The fourth-order valence-corrected chi connectivity index (χ4v) is 2.84. The van der Waals surface area contributed by atoms with Crippen LogP contribution in [0.15, 0.2) is 30.5 Å². The lowest BCUT2D eigenvalue weighted by atomic mass is 10.2. The van der Waals surface area contributed by atoms with Crippen LogP contribution < -0.4 is 10.6 Å². The van der Waals surface area contributed by atoms with Gasteiger partial charge in [-0.3, -0.25) is 0 Å². The molecule has 4 heteroatoms. The highest BCUT2D eigenvalue weighted by molar-refractivity contribution is 7.80. The van der Waals surface area contributed by atoms with E-state index >= 15 is 0 Å². The minimum atomic E-state index is 0.556. The lowest BCUT2D eigenvalue weighted by molar-refractivity contribution is 0.634. The number of rotatable bonds is 2. The van der Waals surface area contributed by atoms with E-state index < -0.39 is 0 Å². The lowest BCUT2D eigenvalue weighted by Gasteiger charge is -2.15. The van der Waals surface area contributed by atoms with Gasteiger partial charge in [-0.2, -0.15) is 0 Å². The summed E-state index contributed by atoms with van der Waals surface area (Å²) in [6, 6.07) is 8.83. The van der Waals surface area contributed by atoms with E-state index in [0.717, 1.165) is 16.3 Å². The van der Waals surface area contributed by atoms with Crippen LogP contribution in [0.3, 0.4) is 0 Å². The summed E-state index contributed by atoms with van der Waals surface area (Å²) >= 11 is 5.34. The first kappa shape index (κ1) is 11.5. The maximum Gasteiger partial charge on any atom is 0.170 e. The van der Waals surface area contributed by atoms with Gasteiger partial charge in [0.15, 0.2) is 5.11 Å². The summed E-state index contributed by atoms with van der Waals surface area (Å²) in [7, 11) is 0. The summed E-state index contributed by atoms with van der Waals surface area (Å²) in [5.41, 5.74) is 2.19. The molecule has 3 rings (SSSR count). The van der Waals surface area contributed by atoms with Crippen LogP contribution in [0.4, 0.5) is 5.69 Å². The normalized spacial score (nSPS) is 16.0. The van der Waals surface area contributed by atoms with E-state index in [2.05, 4.69) is 33.8 Å². The standard InChI is InChI=1S/C14H17N3S/c18-14(16-11-3-1-2-4-11)17-12-5-6-13-10(9-12)7-8-15-13/h5-9,11,15H,1-4H2,(H2,16,17,18). The van der Waals surface area contributed by atoms with Crippen LogP contribution >= 0.6 is 12.2 Å². The Bertz CT molecular complexity index is 555. The first-order valence-electron chi connectivity index (χ1n) is 6.46. The van der Waals surface area contributed by atoms with E-state index in [1.54, 1.807) is 0 Å². The van der Waals surface area contributed by atoms with E-state index in [1.165, 1.54) is 31.1 Å². The van der Waals surface area contributed by atoms with Gasteiger partial charge in [0, 0.05) is 28.8 Å². The molecule has 0 atom stereocenters. The Morgan fingerprint density at radius 2 is 2.06 bits per heavy atom. The van der Waals surface area contributed by atoms with Gasteiger partial charge in [-0.1, -0.05) is 12.8 Å². The van der Waals surface area contributed by atoms with E-state index in [4.69, 9.17) is 12.2 Å². The quantitative estimate of drug-likeness (QED) is 0.724. The van der Waals surface area contributed by atoms with Gasteiger partial charge < -0.3 is 15.6 Å². The molecule has 0 radical (unpaired) electrons. The summed E-state index contributed by atoms with van der Waals surface area (Å²) in [5, 5.41) is 8.57. The monoisotopic (exact) mass is 259 g/mol. The molecule has 2 aromatic rings. The summed E-state index contributed by atoms with van der Waals surface area (Å²) < 4.78 is 0. The second-order valence-corrected chi connectivity index (χ2v) is 5.27. The van der Waals surface area contributed by atoms with Gasteiger partial charge in [-0.15, -0.1) is 0 Å². The highest BCUT2D eigenvalue weighted by Crippen LogP contribution is 2.19. The molecule has 94 valence electrons. The number of nitrogens with one attached hydrogen (secondary N) is 3. The highest BCUT2D eigenvalue weighted by atomic mass is 32.1. The van der Waals surface area contributed by atoms with E-state index in [1.807, 2.05) is 12.3 Å². The maximum absolute atomic E-state index is 5.34. The Morgan fingerprint density at radius 1 is 1.22 bits per heavy atom. The van der Waals surface area contributed by atoms with Crippen molar-refractivity contribution < 1.29 is 0 Å². The van der Waals surface area contributed by atoms with Crippen molar-refractivity contribution in [3.05, 3.63) is 30.5 Å².